The fourth-order valence-corrected chi connectivity index (χ4v) is 3.20. The molecule has 0 saturated carbocycles. The molecular weight excluding hydrogens is 317 g/mol. The van der Waals surface area contributed by atoms with E-state index in [9.17, 15) is 14.0 Å². The smallest absolute Gasteiger partial charge is 0.293 e. The summed E-state index contributed by atoms with van der Waals surface area (Å²) in [5.41, 5.74) is 1.07. The monoisotopic (exact) mass is 331 g/mol. The van der Waals surface area contributed by atoms with Crippen molar-refractivity contribution < 1.29 is 18.4 Å². The molecule has 1 fully saturated rings. The third kappa shape index (κ3) is 3.07. The second-order valence-electron chi connectivity index (χ2n) is 5.23. The topological polar surface area (TPSA) is 50.5 Å². The molecule has 3 rings (SSSR count). The minimum atomic E-state index is -0.433. The minimum Gasteiger partial charge on any atom is -0.466 e. The number of rotatable bonds is 3. The van der Waals surface area contributed by atoms with Crippen LogP contribution in [-0.4, -0.2) is 16.0 Å². The standard InChI is InChI=1S/C17H14FNO3S/c1-10-7-13(11(2)22-10)8-15-16(20)19(17(21)23-15)9-12-5-3-4-6-14(12)18/h3-8H,9H2,1-2H3/b15-8-. The zero-order valence-electron chi connectivity index (χ0n) is 12.6. The van der Waals surface area contributed by atoms with Crippen LogP contribution in [0, 0.1) is 19.7 Å². The van der Waals surface area contributed by atoms with Crippen molar-refractivity contribution in [3.05, 3.63) is 63.7 Å². The lowest BCUT2D eigenvalue weighted by Gasteiger charge is -2.12. The van der Waals surface area contributed by atoms with Gasteiger partial charge in [-0.05, 0) is 43.8 Å². The van der Waals surface area contributed by atoms with E-state index in [0.29, 0.717) is 16.2 Å². The molecule has 6 heteroatoms. The predicted molar refractivity (Wildman–Crippen MR) is 86.1 cm³/mol. The summed E-state index contributed by atoms with van der Waals surface area (Å²) in [6.45, 7) is 3.54. The van der Waals surface area contributed by atoms with E-state index in [1.807, 2.05) is 6.92 Å². The lowest BCUT2D eigenvalue weighted by atomic mass is 10.2. The SMILES string of the molecule is Cc1cc(/C=C2\SC(=O)N(Cc3ccccc3F)C2=O)c(C)o1. The Morgan fingerprint density at radius 3 is 2.65 bits per heavy atom. The minimum absolute atomic E-state index is 0.0714. The fourth-order valence-electron chi connectivity index (χ4n) is 2.37. The van der Waals surface area contributed by atoms with Crippen molar-refractivity contribution in [3.63, 3.8) is 0 Å². The molecule has 4 nitrogen and oxygen atoms in total. The molecule has 0 aliphatic carbocycles. The molecule has 2 heterocycles. The van der Waals surface area contributed by atoms with Crippen molar-refractivity contribution in [2.45, 2.75) is 20.4 Å². The first-order valence-corrected chi connectivity index (χ1v) is 7.83. The largest absolute Gasteiger partial charge is 0.466 e. The van der Waals surface area contributed by atoms with E-state index in [1.165, 1.54) is 6.07 Å². The highest BCUT2D eigenvalue weighted by atomic mass is 32.2. The number of benzene rings is 1. The summed E-state index contributed by atoms with van der Waals surface area (Å²) in [6, 6.07) is 7.91. The van der Waals surface area contributed by atoms with Crippen LogP contribution in [0.2, 0.25) is 0 Å². The summed E-state index contributed by atoms with van der Waals surface area (Å²) >= 11 is 0.854. The van der Waals surface area contributed by atoms with Crippen molar-refractivity contribution >= 4 is 29.0 Å². The lowest BCUT2D eigenvalue weighted by Crippen LogP contribution is -2.27. The Balaban J connectivity index is 1.86. The molecule has 1 aliphatic rings. The van der Waals surface area contributed by atoms with Crippen molar-refractivity contribution in [1.82, 2.24) is 4.90 Å². The number of hydrogen-bond donors (Lipinski definition) is 0. The summed E-state index contributed by atoms with van der Waals surface area (Å²) in [4.78, 5) is 25.9. The van der Waals surface area contributed by atoms with Crippen LogP contribution >= 0.6 is 11.8 Å². The molecule has 118 valence electrons. The molecule has 2 amide bonds. The van der Waals surface area contributed by atoms with E-state index in [2.05, 4.69) is 0 Å². The highest BCUT2D eigenvalue weighted by Gasteiger charge is 2.35. The highest BCUT2D eigenvalue weighted by Crippen LogP contribution is 2.34. The van der Waals surface area contributed by atoms with Crippen molar-refractivity contribution in [2.24, 2.45) is 0 Å². The average Bonchev–Trinajstić information content (AvgIpc) is 2.95. The average molecular weight is 331 g/mol. The van der Waals surface area contributed by atoms with Crippen LogP contribution < -0.4 is 0 Å². The van der Waals surface area contributed by atoms with E-state index in [1.54, 1.807) is 37.3 Å². The maximum Gasteiger partial charge on any atom is 0.293 e. The van der Waals surface area contributed by atoms with Crippen molar-refractivity contribution in [3.8, 4) is 0 Å². The fraction of sp³-hybridized carbons (Fsp3) is 0.176. The molecule has 0 atom stereocenters. The van der Waals surface area contributed by atoms with Gasteiger partial charge >= 0.3 is 0 Å². The Labute approximate surface area is 137 Å². The summed E-state index contributed by atoms with van der Waals surface area (Å²) < 4.78 is 19.1. The van der Waals surface area contributed by atoms with Gasteiger partial charge in [-0.3, -0.25) is 14.5 Å². The van der Waals surface area contributed by atoms with Gasteiger partial charge in [-0.2, -0.15) is 0 Å². The first-order valence-electron chi connectivity index (χ1n) is 7.01. The predicted octanol–water partition coefficient (Wildman–Crippen LogP) is 4.27. The molecule has 1 saturated heterocycles. The van der Waals surface area contributed by atoms with Crippen molar-refractivity contribution in [1.29, 1.82) is 0 Å². The Morgan fingerprint density at radius 2 is 2.00 bits per heavy atom. The molecule has 23 heavy (non-hydrogen) atoms. The number of halogens is 1. The van der Waals surface area contributed by atoms with E-state index in [-0.39, 0.29) is 6.54 Å². The first-order chi connectivity index (χ1) is 11.0. The van der Waals surface area contributed by atoms with Crippen LogP contribution in [0.15, 0.2) is 39.7 Å². The van der Waals surface area contributed by atoms with Crippen LogP contribution in [0.25, 0.3) is 6.08 Å². The number of hydrogen-bond acceptors (Lipinski definition) is 4. The third-order valence-electron chi connectivity index (χ3n) is 3.53. The van der Waals surface area contributed by atoms with Crippen LogP contribution in [0.5, 0.6) is 0 Å². The van der Waals surface area contributed by atoms with E-state index in [0.717, 1.165) is 28.0 Å². The first kappa shape index (κ1) is 15.6. The van der Waals surface area contributed by atoms with E-state index in [4.69, 9.17) is 4.42 Å². The van der Waals surface area contributed by atoms with Gasteiger partial charge in [-0.15, -0.1) is 0 Å². The second kappa shape index (κ2) is 6.04. The van der Waals surface area contributed by atoms with Gasteiger partial charge in [0.1, 0.15) is 17.3 Å². The molecule has 2 aromatic rings. The van der Waals surface area contributed by atoms with Gasteiger partial charge in [0, 0.05) is 11.1 Å². The number of furan rings is 1. The second-order valence-corrected chi connectivity index (χ2v) is 6.22. The molecule has 0 bridgehead atoms. The molecule has 1 aliphatic heterocycles. The zero-order chi connectivity index (χ0) is 16.6. The Hall–Kier alpha value is -2.34. The summed E-state index contributed by atoms with van der Waals surface area (Å²) in [5, 5.41) is -0.401. The Kier molecular flexibility index (Phi) is 4.09. The van der Waals surface area contributed by atoms with Crippen LogP contribution in [0.3, 0.4) is 0 Å². The summed E-state index contributed by atoms with van der Waals surface area (Å²) in [7, 11) is 0. The van der Waals surface area contributed by atoms with Crippen LogP contribution in [0.4, 0.5) is 9.18 Å². The summed E-state index contributed by atoms with van der Waals surface area (Å²) in [6.07, 6.45) is 1.64. The van der Waals surface area contributed by atoms with E-state index < -0.39 is 17.0 Å². The molecule has 0 radical (unpaired) electrons. The van der Waals surface area contributed by atoms with Crippen molar-refractivity contribution in [2.75, 3.05) is 0 Å². The molecule has 1 aromatic heterocycles. The maximum atomic E-state index is 13.7. The molecular formula is C17H14FNO3S. The highest BCUT2D eigenvalue weighted by molar-refractivity contribution is 8.18. The van der Waals surface area contributed by atoms with Gasteiger partial charge in [0.05, 0.1) is 11.4 Å². The quantitative estimate of drug-likeness (QED) is 0.788. The Morgan fingerprint density at radius 1 is 1.26 bits per heavy atom. The zero-order valence-corrected chi connectivity index (χ0v) is 13.4. The summed E-state index contributed by atoms with van der Waals surface area (Å²) in [5.74, 6) is 0.570. The van der Waals surface area contributed by atoms with Gasteiger partial charge in [-0.25, -0.2) is 4.39 Å². The van der Waals surface area contributed by atoms with Crippen LogP contribution in [-0.2, 0) is 11.3 Å². The third-order valence-corrected chi connectivity index (χ3v) is 4.43. The van der Waals surface area contributed by atoms with E-state index >= 15 is 0 Å². The van der Waals surface area contributed by atoms with Gasteiger partial charge in [0.15, 0.2) is 0 Å². The number of imide groups is 1. The van der Waals surface area contributed by atoms with Gasteiger partial charge in [0.2, 0.25) is 0 Å². The molecule has 0 N–H and O–H groups in total. The number of carbonyl (C=O) groups excluding carboxylic acids is 2. The van der Waals surface area contributed by atoms with Gasteiger partial charge in [-0.1, -0.05) is 18.2 Å². The number of amides is 2. The molecule has 1 aromatic carbocycles. The van der Waals surface area contributed by atoms with Gasteiger partial charge in [0.25, 0.3) is 11.1 Å². The normalized spacial score (nSPS) is 16.7. The number of thioether (sulfide) groups is 1. The number of carbonyl (C=O) groups is 2. The van der Waals surface area contributed by atoms with Gasteiger partial charge < -0.3 is 4.42 Å². The molecule has 0 spiro atoms. The Bertz CT molecular complexity index is 825. The maximum absolute atomic E-state index is 13.7. The van der Waals surface area contributed by atoms with Crippen LogP contribution in [0.1, 0.15) is 22.6 Å². The number of aryl methyl sites for hydroxylation is 2. The number of nitrogens with zero attached hydrogens (tertiary/aromatic N) is 1. The lowest BCUT2D eigenvalue weighted by molar-refractivity contribution is -0.123. The molecule has 0 unspecified atom stereocenters.